The number of nitrogens with one attached hydrogen (secondary N) is 1. The van der Waals surface area contributed by atoms with Crippen LogP contribution in [0.2, 0.25) is 0 Å². The van der Waals surface area contributed by atoms with Gasteiger partial charge < -0.3 is 9.72 Å². The Hall–Kier alpha value is -3.21. The van der Waals surface area contributed by atoms with Crippen molar-refractivity contribution < 1.29 is 0 Å². The van der Waals surface area contributed by atoms with Gasteiger partial charge in [0.1, 0.15) is 0 Å². The molecule has 1 N–H and O–H groups in total. The first-order valence-electron chi connectivity index (χ1n) is 12.3. The zero-order valence-electron chi connectivity index (χ0n) is 19.5. The number of hydrogen-bond acceptors (Lipinski definition) is 4. The maximum atomic E-state index is 4.94. The fourth-order valence-corrected chi connectivity index (χ4v) is 4.75. The maximum Gasteiger partial charge on any atom is 0.180 e. The van der Waals surface area contributed by atoms with Crippen LogP contribution in [0.4, 0.5) is 5.82 Å². The molecular formula is C28H35N5. The second-order valence-corrected chi connectivity index (χ2v) is 8.94. The molecule has 4 rings (SSSR count). The summed E-state index contributed by atoms with van der Waals surface area (Å²) in [4.78, 5) is 13.7. The molecule has 0 aliphatic heterocycles. The third-order valence-electron chi connectivity index (χ3n) is 6.61. The molecule has 1 saturated carbocycles. The summed E-state index contributed by atoms with van der Waals surface area (Å²) in [5, 5.41) is 3.59. The highest BCUT2D eigenvalue weighted by Crippen LogP contribution is 2.27. The number of hydrogen-bond donors (Lipinski definition) is 1. The molecule has 1 aliphatic carbocycles. The molecule has 1 fully saturated rings. The quantitative estimate of drug-likeness (QED) is 0.387. The molecule has 0 amide bonds. The standard InChI is InChI=1S/C28H35N5/c1-3-29-20-24-14-10-11-15-25(24)22(2)26-21-33-19-18-31-28(33)27(32-26)30-17-16-23-12-8-6-4-5-7-9-13-23/h3,10-11,14-15,18-21,23H,1-2,4-9,12-13,16-17H2,(H,30,32). The van der Waals surface area contributed by atoms with Crippen LogP contribution in [0.1, 0.15) is 74.6 Å². The minimum absolute atomic E-state index is 0.806. The van der Waals surface area contributed by atoms with Gasteiger partial charge in [0.25, 0.3) is 0 Å². The molecule has 1 aliphatic rings. The molecule has 2 heterocycles. The van der Waals surface area contributed by atoms with E-state index in [9.17, 15) is 0 Å². The number of rotatable bonds is 8. The molecule has 1 aromatic carbocycles. The summed E-state index contributed by atoms with van der Waals surface area (Å²) in [6, 6.07) is 8.09. The first-order valence-corrected chi connectivity index (χ1v) is 12.3. The number of nitrogens with zero attached hydrogens (tertiary/aromatic N) is 4. The molecule has 172 valence electrons. The molecule has 3 aromatic rings. The van der Waals surface area contributed by atoms with Crippen LogP contribution in [-0.2, 0) is 0 Å². The summed E-state index contributed by atoms with van der Waals surface area (Å²) in [6.07, 6.45) is 21.4. The Balaban J connectivity index is 1.52. The van der Waals surface area contributed by atoms with E-state index in [0.717, 1.165) is 46.3 Å². The number of aliphatic imine (C=N–C) groups is 1. The molecule has 33 heavy (non-hydrogen) atoms. The molecule has 5 nitrogen and oxygen atoms in total. The first-order chi connectivity index (χ1) is 16.3. The van der Waals surface area contributed by atoms with Gasteiger partial charge in [0, 0.05) is 48.7 Å². The lowest BCUT2D eigenvalue weighted by Crippen LogP contribution is -2.12. The molecule has 2 aromatic heterocycles. The summed E-state index contributed by atoms with van der Waals surface area (Å²) in [5.74, 6) is 1.62. The highest BCUT2D eigenvalue weighted by molar-refractivity contribution is 5.91. The van der Waals surface area contributed by atoms with E-state index in [2.05, 4.69) is 34.5 Å². The van der Waals surface area contributed by atoms with Gasteiger partial charge in [-0.3, -0.25) is 4.99 Å². The van der Waals surface area contributed by atoms with Gasteiger partial charge in [-0.15, -0.1) is 0 Å². The zero-order chi connectivity index (χ0) is 22.9. The Morgan fingerprint density at radius 3 is 2.67 bits per heavy atom. The van der Waals surface area contributed by atoms with E-state index in [1.165, 1.54) is 64.0 Å². The highest BCUT2D eigenvalue weighted by Gasteiger charge is 2.14. The highest BCUT2D eigenvalue weighted by atomic mass is 15.1. The number of benzene rings is 1. The Morgan fingerprint density at radius 2 is 1.88 bits per heavy atom. The van der Waals surface area contributed by atoms with Crippen molar-refractivity contribution in [2.24, 2.45) is 10.9 Å². The topological polar surface area (TPSA) is 54.6 Å². The van der Waals surface area contributed by atoms with Crippen molar-refractivity contribution in [3.05, 3.63) is 79.0 Å². The molecule has 0 bridgehead atoms. The van der Waals surface area contributed by atoms with E-state index in [4.69, 9.17) is 4.98 Å². The minimum Gasteiger partial charge on any atom is -0.367 e. The second-order valence-electron chi connectivity index (χ2n) is 8.94. The number of anilines is 1. The van der Waals surface area contributed by atoms with Gasteiger partial charge in [0.15, 0.2) is 11.5 Å². The van der Waals surface area contributed by atoms with Crippen LogP contribution >= 0.6 is 0 Å². The summed E-state index contributed by atoms with van der Waals surface area (Å²) < 4.78 is 2.02. The number of aromatic nitrogens is 3. The lowest BCUT2D eigenvalue weighted by Gasteiger charge is -2.17. The lowest BCUT2D eigenvalue weighted by atomic mass is 9.94. The van der Waals surface area contributed by atoms with Crippen LogP contribution in [-0.4, -0.2) is 27.1 Å². The summed E-state index contributed by atoms with van der Waals surface area (Å²) in [7, 11) is 0. The molecule has 0 atom stereocenters. The molecule has 0 unspecified atom stereocenters. The fraction of sp³-hybridized carbons (Fsp3) is 0.393. The van der Waals surface area contributed by atoms with Gasteiger partial charge in [-0.05, 0) is 17.9 Å². The van der Waals surface area contributed by atoms with E-state index < -0.39 is 0 Å². The molecule has 0 saturated heterocycles. The minimum atomic E-state index is 0.806. The van der Waals surface area contributed by atoms with Crippen molar-refractivity contribution in [2.45, 2.75) is 57.8 Å². The summed E-state index contributed by atoms with van der Waals surface area (Å²) in [5.41, 5.74) is 4.53. The third-order valence-corrected chi connectivity index (χ3v) is 6.61. The Morgan fingerprint density at radius 1 is 1.12 bits per heavy atom. The van der Waals surface area contributed by atoms with E-state index in [0.29, 0.717) is 0 Å². The first kappa shape index (κ1) is 23.0. The normalized spacial score (nSPS) is 15.8. The summed E-state index contributed by atoms with van der Waals surface area (Å²) in [6.45, 7) is 8.96. The Labute approximate surface area is 197 Å². The van der Waals surface area contributed by atoms with E-state index in [-0.39, 0.29) is 0 Å². The number of imidazole rings is 1. The lowest BCUT2D eigenvalue weighted by molar-refractivity contribution is 0.409. The van der Waals surface area contributed by atoms with Crippen molar-refractivity contribution in [1.82, 2.24) is 14.4 Å². The van der Waals surface area contributed by atoms with Gasteiger partial charge in [-0.2, -0.15) is 0 Å². The maximum absolute atomic E-state index is 4.94. The Bertz CT molecular complexity index is 1100. The monoisotopic (exact) mass is 441 g/mol. The zero-order valence-corrected chi connectivity index (χ0v) is 19.5. The predicted molar refractivity (Wildman–Crippen MR) is 139 cm³/mol. The second kappa shape index (κ2) is 11.6. The van der Waals surface area contributed by atoms with Gasteiger partial charge >= 0.3 is 0 Å². The van der Waals surface area contributed by atoms with Gasteiger partial charge in [0.05, 0.1) is 5.69 Å². The van der Waals surface area contributed by atoms with E-state index in [1.54, 1.807) is 6.21 Å². The average molecular weight is 442 g/mol. The van der Waals surface area contributed by atoms with Crippen LogP contribution in [0.3, 0.4) is 0 Å². The van der Waals surface area contributed by atoms with Crippen molar-refractivity contribution in [2.75, 3.05) is 11.9 Å². The largest absolute Gasteiger partial charge is 0.367 e. The van der Waals surface area contributed by atoms with Crippen LogP contribution < -0.4 is 5.32 Å². The van der Waals surface area contributed by atoms with Crippen LogP contribution in [0.25, 0.3) is 11.2 Å². The van der Waals surface area contributed by atoms with Gasteiger partial charge in [0.2, 0.25) is 0 Å². The van der Waals surface area contributed by atoms with E-state index >= 15 is 0 Å². The molecule has 0 spiro atoms. The molecule has 5 heteroatoms. The summed E-state index contributed by atoms with van der Waals surface area (Å²) >= 11 is 0. The van der Waals surface area contributed by atoms with Crippen LogP contribution in [0, 0.1) is 5.92 Å². The van der Waals surface area contributed by atoms with E-state index in [1.807, 2.05) is 41.2 Å². The van der Waals surface area contributed by atoms with Crippen molar-refractivity contribution in [3.63, 3.8) is 0 Å². The Kier molecular flexibility index (Phi) is 8.07. The fourth-order valence-electron chi connectivity index (χ4n) is 4.75. The molecular weight excluding hydrogens is 406 g/mol. The van der Waals surface area contributed by atoms with Crippen LogP contribution in [0.5, 0.6) is 0 Å². The van der Waals surface area contributed by atoms with Gasteiger partial charge in [-0.25, -0.2) is 9.97 Å². The van der Waals surface area contributed by atoms with Gasteiger partial charge in [-0.1, -0.05) is 88.8 Å². The van der Waals surface area contributed by atoms with Crippen molar-refractivity contribution >= 4 is 23.3 Å². The average Bonchev–Trinajstić information content (AvgIpc) is 3.36. The van der Waals surface area contributed by atoms with Crippen LogP contribution in [0.15, 0.2) is 67.2 Å². The molecule has 0 radical (unpaired) electrons. The smallest absolute Gasteiger partial charge is 0.180 e. The van der Waals surface area contributed by atoms with Crippen molar-refractivity contribution in [1.29, 1.82) is 0 Å². The predicted octanol–water partition coefficient (Wildman–Crippen LogP) is 6.91. The van der Waals surface area contributed by atoms with Crippen molar-refractivity contribution in [3.8, 4) is 0 Å². The third kappa shape index (κ3) is 5.98. The number of fused-ring (bicyclic) bond motifs is 1. The SMILES string of the molecule is C=CN=Cc1ccccc1C(=C)c1cn2ccnc2c(NCCC2CCCCCCCC2)n1.